The molecule has 1 fully saturated rings. The Balaban J connectivity index is 2.35. The number of quaternary nitrogens is 1. The molecule has 1 unspecified atom stereocenters. The second-order valence-electron chi connectivity index (χ2n) is 3.95. The van der Waals surface area contributed by atoms with Gasteiger partial charge in [0, 0.05) is 36.2 Å². The molecular weight excluding hydrogens is 314 g/mol. The molecule has 0 radical (unpaired) electrons. The Hall–Kier alpha value is -0.860. The van der Waals surface area contributed by atoms with Gasteiger partial charge in [0.25, 0.3) is 10.2 Å². The van der Waals surface area contributed by atoms with Crippen LogP contribution in [0.5, 0.6) is 0 Å². The van der Waals surface area contributed by atoms with Crippen LogP contribution >= 0.6 is 36.7 Å². The van der Waals surface area contributed by atoms with E-state index in [1.54, 1.807) is 11.1 Å². The minimum atomic E-state index is -0.0964. The van der Waals surface area contributed by atoms with Gasteiger partial charge in [-0.2, -0.15) is 0 Å². The zero-order valence-corrected chi connectivity index (χ0v) is 13.2. The molecule has 0 amide bonds. The van der Waals surface area contributed by atoms with E-state index in [1.165, 1.54) is 0 Å². The van der Waals surface area contributed by atoms with E-state index in [-0.39, 0.29) is 3.89 Å². The van der Waals surface area contributed by atoms with Gasteiger partial charge >= 0.3 is 0 Å². The van der Waals surface area contributed by atoms with Crippen molar-refractivity contribution < 1.29 is 3.89 Å². The SMILES string of the molecule is C=CN1C(=S)NC(=S)[N+]([S-])(Cc2ccccc2)C1=S. The largest absolute Gasteiger partial charge is 0.476 e. The molecule has 0 bridgehead atoms. The molecule has 1 N–H and O–H groups in total. The van der Waals surface area contributed by atoms with E-state index in [4.69, 9.17) is 49.5 Å². The molecule has 1 aromatic rings. The standard InChI is InChI=1S/C12H11N3S4/c1-2-14-10(16)13-11(17)15(19,12(14)18)8-9-6-4-3-5-7-9/h2-7H,1,8H2,(H,13,16,17). The maximum atomic E-state index is 5.62. The highest BCUT2D eigenvalue weighted by molar-refractivity contribution is 7.83. The zero-order chi connectivity index (χ0) is 14.0. The number of nitrogens with zero attached hydrogens (tertiary/aromatic N) is 2. The number of benzene rings is 1. The molecule has 2 rings (SSSR count). The Kier molecular flexibility index (Phi) is 4.32. The Morgan fingerprint density at radius 2 is 1.89 bits per heavy atom. The number of hydrogen-bond acceptors (Lipinski definition) is 4. The molecule has 0 aromatic heterocycles. The third-order valence-electron chi connectivity index (χ3n) is 2.71. The number of nitrogens with one attached hydrogen (secondary N) is 1. The lowest BCUT2D eigenvalue weighted by Gasteiger charge is -2.48. The quantitative estimate of drug-likeness (QED) is 0.518. The van der Waals surface area contributed by atoms with Gasteiger partial charge in [-0.05, 0) is 12.2 Å². The normalized spacial score (nSPS) is 23.2. The smallest absolute Gasteiger partial charge is 0.272 e. The van der Waals surface area contributed by atoms with E-state index in [1.807, 2.05) is 30.3 Å². The second kappa shape index (κ2) is 5.64. The summed E-state index contributed by atoms with van der Waals surface area (Å²) in [7, 11) is 0. The number of rotatable bonds is 3. The molecule has 1 aromatic carbocycles. The topological polar surface area (TPSA) is 15.3 Å². The van der Waals surface area contributed by atoms with Crippen LogP contribution in [0.4, 0.5) is 0 Å². The molecule has 1 aliphatic rings. The van der Waals surface area contributed by atoms with Crippen LogP contribution < -0.4 is 5.32 Å². The van der Waals surface area contributed by atoms with E-state index in [0.29, 0.717) is 21.9 Å². The lowest BCUT2D eigenvalue weighted by molar-refractivity contribution is -0.611. The average molecular weight is 326 g/mol. The van der Waals surface area contributed by atoms with Crippen molar-refractivity contribution in [2.24, 2.45) is 0 Å². The first-order chi connectivity index (χ1) is 8.99. The summed E-state index contributed by atoms with van der Waals surface area (Å²) in [5.74, 6) is 0. The van der Waals surface area contributed by atoms with Crippen molar-refractivity contribution >= 4 is 64.8 Å². The van der Waals surface area contributed by atoms with Gasteiger partial charge in [0.05, 0.1) is 0 Å². The van der Waals surface area contributed by atoms with Crippen molar-refractivity contribution in [1.29, 1.82) is 0 Å². The average Bonchev–Trinajstić information content (AvgIpc) is 2.38. The summed E-state index contributed by atoms with van der Waals surface area (Å²) >= 11 is 21.5. The summed E-state index contributed by atoms with van der Waals surface area (Å²) in [6, 6.07) is 9.84. The van der Waals surface area contributed by atoms with Gasteiger partial charge in [-0.25, -0.2) is 4.90 Å². The molecule has 0 aliphatic carbocycles. The number of thiocarbonyl (C=S) groups is 3. The van der Waals surface area contributed by atoms with Crippen molar-refractivity contribution in [1.82, 2.24) is 10.2 Å². The lowest BCUT2D eigenvalue weighted by Crippen LogP contribution is -2.68. The first kappa shape index (κ1) is 14.5. The van der Waals surface area contributed by atoms with E-state index < -0.39 is 0 Å². The maximum Gasteiger partial charge on any atom is 0.272 e. The van der Waals surface area contributed by atoms with Crippen molar-refractivity contribution in [3.8, 4) is 0 Å². The lowest BCUT2D eigenvalue weighted by atomic mass is 10.2. The van der Waals surface area contributed by atoms with Crippen LogP contribution in [-0.2, 0) is 19.4 Å². The predicted octanol–water partition coefficient (Wildman–Crippen LogP) is 2.37. The highest BCUT2D eigenvalue weighted by atomic mass is 32.1. The van der Waals surface area contributed by atoms with Gasteiger partial charge in [0.2, 0.25) is 0 Å². The van der Waals surface area contributed by atoms with Gasteiger partial charge in [-0.15, -0.1) is 0 Å². The first-order valence-electron chi connectivity index (χ1n) is 5.44. The summed E-state index contributed by atoms with van der Waals surface area (Å²) < 4.78 is -0.0964. The van der Waals surface area contributed by atoms with Gasteiger partial charge in [0.15, 0.2) is 5.11 Å². The van der Waals surface area contributed by atoms with E-state index >= 15 is 0 Å². The number of hydrogen-bond donors (Lipinski definition) is 1. The fraction of sp³-hybridized carbons (Fsp3) is 0.0833. The van der Waals surface area contributed by atoms with E-state index in [9.17, 15) is 0 Å². The van der Waals surface area contributed by atoms with Crippen molar-refractivity contribution in [2.75, 3.05) is 0 Å². The summed E-state index contributed by atoms with van der Waals surface area (Å²) in [5, 5.41) is 4.20. The molecule has 0 spiro atoms. The molecule has 1 saturated heterocycles. The molecule has 0 saturated carbocycles. The fourth-order valence-electron chi connectivity index (χ4n) is 1.73. The summed E-state index contributed by atoms with van der Waals surface area (Å²) in [6.07, 6.45) is 1.55. The first-order valence-corrected chi connectivity index (χ1v) is 7.03. The minimum Gasteiger partial charge on any atom is -0.476 e. The van der Waals surface area contributed by atoms with Crippen LogP contribution in [0.15, 0.2) is 43.1 Å². The van der Waals surface area contributed by atoms with Crippen LogP contribution in [-0.4, -0.2) is 24.1 Å². The fourth-order valence-corrected chi connectivity index (χ4v) is 3.02. The highest BCUT2D eigenvalue weighted by Gasteiger charge is 2.38. The van der Waals surface area contributed by atoms with Crippen LogP contribution in [0.3, 0.4) is 0 Å². The Morgan fingerprint density at radius 3 is 2.47 bits per heavy atom. The summed E-state index contributed by atoms with van der Waals surface area (Å²) in [6.45, 7) is 4.19. The summed E-state index contributed by atoms with van der Waals surface area (Å²) in [4.78, 5) is 1.58. The van der Waals surface area contributed by atoms with Crippen molar-refractivity contribution in [3.05, 3.63) is 48.7 Å². The molecule has 98 valence electrons. The van der Waals surface area contributed by atoms with Crippen molar-refractivity contribution in [3.63, 3.8) is 0 Å². The third kappa shape index (κ3) is 2.70. The van der Waals surface area contributed by atoms with Crippen LogP contribution in [0, 0.1) is 0 Å². The molecular formula is C12H11N3S4. The van der Waals surface area contributed by atoms with Crippen molar-refractivity contribution in [2.45, 2.75) is 6.54 Å². The van der Waals surface area contributed by atoms with Gasteiger partial charge in [-0.3, -0.25) is 5.32 Å². The van der Waals surface area contributed by atoms with Gasteiger partial charge in [-0.1, -0.05) is 36.9 Å². The van der Waals surface area contributed by atoms with Crippen LogP contribution in [0.2, 0.25) is 0 Å². The van der Waals surface area contributed by atoms with Crippen LogP contribution in [0.1, 0.15) is 5.56 Å². The predicted molar refractivity (Wildman–Crippen MR) is 90.7 cm³/mol. The molecule has 1 aliphatic heterocycles. The van der Waals surface area contributed by atoms with E-state index in [2.05, 4.69) is 11.9 Å². The Labute approximate surface area is 134 Å². The Morgan fingerprint density at radius 1 is 1.26 bits per heavy atom. The third-order valence-corrected chi connectivity index (χ3v) is 4.64. The molecule has 19 heavy (non-hydrogen) atoms. The molecule has 1 heterocycles. The van der Waals surface area contributed by atoms with Crippen LogP contribution in [0.25, 0.3) is 0 Å². The minimum absolute atomic E-state index is 0.0964. The monoisotopic (exact) mass is 325 g/mol. The highest BCUT2D eigenvalue weighted by Crippen LogP contribution is 2.21. The summed E-state index contributed by atoms with van der Waals surface area (Å²) in [5.41, 5.74) is 1.06. The molecule has 7 heteroatoms. The van der Waals surface area contributed by atoms with E-state index in [0.717, 1.165) is 5.56 Å². The Bertz CT molecular complexity index is 557. The van der Waals surface area contributed by atoms with Gasteiger partial charge < -0.3 is 16.7 Å². The maximum absolute atomic E-state index is 5.62. The second-order valence-corrected chi connectivity index (χ2v) is 5.72. The molecule has 3 nitrogen and oxygen atoms in total. The van der Waals surface area contributed by atoms with Gasteiger partial charge in [0.1, 0.15) is 6.54 Å². The zero-order valence-electron chi connectivity index (χ0n) is 9.91. The molecule has 1 atom stereocenters.